The molecule has 1 aromatic heterocycles. The minimum Gasteiger partial charge on any atom is -0.334 e. The first-order chi connectivity index (χ1) is 6.96. The average molecular weight is 271 g/mol. The van der Waals surface area contributed by atoms with Crippen LogP contribution in [0.2, 0.25) is 0 Å². The number of nitrogens with zero attached hydrogens (tertiary/aromatic N) is 2. The van der Waals surface area contributed by atoms with Gasteiger partial charge in [0.1, 0.15) is 0 Å². The lowest BCUT2D eigenvalue weighted by Crippen LogP contribution is -2.41. The Morgan fingerprint density at radius 3 is 2.67 bits per heavy atom. The molecule has 1 heterocycles. The number of rotatable bonds is 3. The predicted molar refractivity (Wildman–Crippen MR) is 57.0 cm³/mol. The summed E-state index contributed by atoms with van der Waals surface area (Å²) < 4.78 is -0.824. The molecule has 0 fully saturated rings. The zero-order chi connectivity index (χ0) is 11.5. The maximum absolute atomic E-state index is 11.3. The minimum atomic E-state index is -1.84. The third-order valence-corrected chi connectivity index (χ3v) is 2.17. The molecule has 0 aromatic carbocycles. The van der Waals surface area contributed by atoms with Crippen LogP contribution in [-0.2, 0) is 4.79 Å². The SMILES string of the molecule is O=CNC(n1cccnc1=O)C(Cl)(Cl)Cl. The van der Waals surface area contributed by atoms with Crippen LogP contribution in [0.4, 0.5) is 0 Å². The van der Waals surface area contributed by atoms with Crippen molar-refractivity contribution in [2.75, 3.05) is 0 Å². The fourth-order valence-corrected chi connectivity index (χ4v) is 1.47. The van der Waals surface area contributed by atoms with Gasteiger partial charge in [-0.1, -0.05) is 34.8 Å². The highest BCUT2D eigenvalue weighted by molar-refractivity contribution is 6.67. The number of nitrogens with one attached hydrogen (secondary N) is 1. The van der Waals surface area contributed by atoms with Gasteiger partial charge in [0.05, 0.1) is 0 Å². The van der Waals surface area contributed by atoms with Crippen molar-refractivity contribution in [1.29, 1.82) is 0 Å². The third kappa shape index (κ3) is 3.09. The van der Waals surface area contributed by atoms with E-state index in [1.54, 1.807) is 0 Å². The lowest BCUT2D eigenvalue weighted by atomic mass is 10.5. The second kappa shape index (κ2) is 4.83. The topological polar surface area (TPSA) is 64.0 Å². The Morgan fingerprint density at radius 1 is 1.53 bits per heavy atom. The van der Waals surface area contributed by atoms with Gasteiger partial charge >= 0.3 is 5.69 Å². The van der Waals surface area contributed by atoms with Gasteiger partial charge in [-0.25, -0.2) is 9.78 Å². The molecular weight excluding hydrogens is 264 g/mol. The van der Waals surface area contributed by atoms with Crippen LogP contribution in [0.15, 0.2) is 23.3 Å². The van der Waals surface area contributed by atoms with Gasteiger partial charge in [0.15, 0.2) is 6.17 Å². The zero-order valence-corrected chi connectivity index (χ0v) is 9.50. The van der Waals surface area contributed by atoms with Crippen molar-refractivity contribution < 1.29 is 4.79 Å². The molecule has 0 bridgehead atoms. The molecule has 1 rings (SSSR count). The number of amides is 1. The molecule has 0 aliphatic heterocycles. The van der Waals surface area contributed by atoms with E-state index in [0.29, 0.717) is 6.41 Å². The van der Waals surface area contributed by atoms with Gasteiger partial charge in [0.2, 0.25) is 10.2 Å². The van der Waals surface area contributed by atoms with Crippen molar-refractivity contribution in [3.63, 3.8) is 0 Å². The summed E-state index contributed by atoms with van der Waals surface area (Å²) in [5.41, 5.74) is -0.622. The highest BCUT2D eigenvalue weighted by atomic mass is 35.6. The normalized spacial score (nSPS) is 13.3. The average Bonchev–Trinajstić information content (AvgIpc) is 2.14. The molecule has 82 valence electrons. The molecule has 1 amide bonds. The molecule has 1 atom stereocenters. The fraction of sp³-hybridized carbons (Fsp3) is 0.286. The Kier molecular flexibility index (Phi) is 3.96. The van der Waals surface area contributed by atoms with Crippen molar-refractivity contribution in [3.8, 4) is 0 Å². The molecule has 0 aliphatic carbocycles. The van der Waals surface area contributed by atoms with Crippen LogP contribution in [0.25, 0.3) is 0 Å². The van der Waals surface area contributed by atoms with Gasteiger partial charge in [0, 0.05) is 12.4 Å². The monoisotopic (exact) mass is 269 g/mol. The van der Waals surface area contributed by atoms with E-state index in [-0.39, 0.29) is 0 Å². The Morgan fingerprint density at radius 2 is 2.20 bits per heavy atom. The van der Waals surface area contributed by atoms with Crippen LogP contribution >= 0.6 is 34.8 Å². The Bertz CT molecular complexity index is 401. The number of hydrogen-bond donors (Lipinski definition) is 1. The minimum absolute atomic E-state index is 0.339. The smallest absolute Gasteiger partial charge is 0.334 e. The first-order valence-electron chi connectivity index (χ1n) is 3.76. The molecule has 0 radical (unpaired) electrons. The Balaban J connectivity index is 3.16. The molecular formula is C7H6Cl3N3O2. The molecule has 8 heteroatoms. The standard InChI is InChI=1S/C7H6Cl3N3O2/c8-7(9,10)5(12-4-14)13-3-1-2-11-6(13)15/h1-5H,(H,12,14). The van der Waals surface area contributed by atoms with E-state index >= 15 is 0 Å². The molecule has 0 spiro atoms. The summed E-state index contributed by atoms with van der Waals surface area (Å²) in [7, 11) is 0. The van der Waals surface area contributed by atoms with E-state index < -0.39 is 15.6 Å². The fourth-order valence-electron chi connectivity index (χ4n) is 0.962. The summed E-state index contributed by atoms with van der Waals surface area (Å²) in [4.78, 5) is 25.1. The molecule has 0 saturated carbocycles. The largest absolute Gasteiger partial charge is 0.349 e. The van der Waals surface area contributed by atoms with Crippen LogP contribution in [0.5, 0.6) is 0 Å². The van der Waals surface area contributed by atoms with E-state index in [1.165, 1.54) is 18.5 Å². The zero-order valence-electron chi connectivity index (χ0n) is 7.23. The van der Waals surface area contributed by atoms with Gasteiger partial charge in [-0.05, 0) is 6.07 Å². The molecule has 0 saturated heterocycles. The van der Waals surface area contributed by atoms with Gasteiger partial charge < -0.3 is 5.32 Å². The second-order valence-electron chi connectivity index (χ2n) is 2.54. The van der Waals surface area contributed by atoms with E-state index in [2.05, 4.69) is 10.3 Å². The van der Waals surface area contributed by atoms with Crippen molar-refractivity contribution in [2.45, 2.75) is 9.96 Å². The summed E-state index contributed by atoms with van der Waals surface area (Å²) in [5.74, 6) is 0. The van der Waals surface area contributed by atoms with E-state index in [1.807, 2.05) is 0 Å². The van der Waals surface area contributed by atoms with E-state index in [4.69, 9.17) is 34.8 Å². The summed E-state index contributed by atoms with van der Waals surface area (Å²) in [6.45, 7) is 0. The van der Waals surface area contributed by atoms with Gasteiger partial charge in [-0.2, -0.15) is 0 Å². The predicted octanol–water partition coefficient (Wildman–Crippen LogP) is 0.858. The summed E-state index contributed by atoms with van der Waals surface area (Å²) >= 11 is 16.8. The van der Waals surface area contributed by atoms with Crippen LogP contribution in [0.1, 0.15) is 6.17 Å². The van der Waals surface area contributed by atoms with Crippen molar-refractivity contribution in [3.05, 3.63) is 28.9 Å². The van der Waals surface area contributed by atoms with Crippen molar-refractivity contribution in [2.24, 2.45) is 0 Å². The number of carbonyl (C=O) groups excluding carboxylic acids is 1. The molecule has 0 aliphatic rings. The highest BCUT2D eigenvalue weighted by Gasteiger charge is 2.34. The molecule has 1 aromatic rings. The highest BCUT2D eigenvalue weighted by Crippen LogP contribution is 2.35. The maximum Gasteiger partial charge on any atom is 0.349 e. The Hall–Kier alpha value is -0.780. The van der Waals surface area contributed by atoms with E-state index in [9.17, 15) is 9.59 Å². The first-order valence-corrected chi connectivity index (χ1v) is 4.90. The number of hydrogen-bond acceptors (Lipinski definition) is 3. The summed E-state index contributed by atoms with van der Waals surface area (Å²) in [5, 5.41) is 2.23. The third-order valence-electron chi connectivity index (χ3n) is 1.55. The molecule has 1 unspecified atom stereocenters. The van der Waals surface area contributed by atoms with E-state index in [0.717, 1.165) is 4.57 Å². The lowest BCUT2D eigenvalue weighted by molar-refractivity contribution is -0.110. The molecule has 5 nitrogen and oxygen atoms in total. The van der Waals surface area contributed by atoms with Gasteiger partial charge in [-0.3, -0.25) is 9.36 Å². The molecule has 15 heavy (non-hydrogen) atoms. The van der Waals surface area contributed by atoms with Gasteiger partial charge in [-0.15, -0.1) is 0 Å². The summed E-state index contributed by atoms with van der Waals surface area (Å²) in [6, 6.07) is 1.48. The van der Waals surface area contributed by atoms with Crippen molar-refractivity contribution >= 4 is 41.2 Å². The summed E-state index contributed by atoms with van der Waals surface area (Å²) in [6.07, 6.45) is 1.90. The van der Waals surface area contributed by atoms with Crippen LogP contribution in [-0.4, -0.2) is 19.8 Å². The number of halogens is 3. The second-order valence-corrected chi connectivity index (χ2v) is 4.91. The number of alkyl halides is 3. The molecule has 1 N–H and O–H groups in total. The quantitative estimate of drug-likeness (QED) is 0.654. The maximum atomic E-state index is 11.3. The first kappa shape index (κ1) is 12.3. The van der Waals surface area contributed by atoms with Crippen LogP contribution < -0.4 is 11.0 Å². The number of aromatic nitrogens is 2. The Labute approximate surface area is 100.0 Å². The van der Waals surface area contributed by atoms with Crippen molar-refractivity contribution in [1.82, 2.24) is 14.9 Å². The van der Waals surface area contributed by atoms with Gasteiger partial charge in [0.25, 0.3) is 0 Å². The lowest BCUT2D eigenvalue weighted by Gasteiger charge is -2.24. The van der Waals surface area contributed by atoms with Crippen LogP contribution in [0, 0.1) is 0 Å². The van der Waals surface area contributed by atoms with Crippen LogP contribution in [0.3, 0.4) is 0 Å². The number of carbonyl (C=O) groups is 1.